The van der Waals surface area contributed by atoms with Crippen LogP contribution in [-0.2, 0) is 14.6 Å². The lowest BCUT2D eigenvalue weighted by atomic mass is 10.0. The number of carboxylic acid groups (broad SMARTS) is 1. The third-order valence-electron chi connectivity index (χ3n) is 3.10. The maximum Gasteiger partial charge on any atom is 0.326 e. The second-order valence-electron chi connectivity index (χ2n) is 5.28. The van der Waals surface area contributed by atoms with E-state index < -0.39 is 27.8 Å². The molecule has 1 aromatic carbocycles. The van der Waals surface area contributed by atoms with Gasteiger partial charge in [0.15, 0.2) is 9.84 Å². The standard InChI is InChI=1S/C14H19NO5S/c1-8(2)12(14(17)18)15-13(16)11-7-10(21(4,19)20)6-5-9(11)3/h5-8,12H,1-4H3,(H,15,16)(H,17,18)/t12-/m1/s1. The van der Waals surface area contributed by atoms with Gasteiger partial charge in [0, 0.05) is 11.8 Å². The Morgan fingerprint density at radius 2 is 1.81 bits per heavy atom. The Kier molecular flexibility index (Phi) is 5.11. The number of sulfone groups is 1. The number of carboxylic acids is 1. The first-order valence-corrected chi connectivity index (χ1v) is 8.27. The number of carbonyl (C=O) groups is 2. The fourth-order valence-corrected chi connectivity index (χ4v) is 2.46. The molecule has 1 atom stereocenters. The first-order valence-electron chi connectivity index (χ1n) is 6.38. The Balaban J connectivity index is 3.16. The van der Waals surface area contributed by atoms with E-state index in [9.17, 15) is 18.0 Å². The number of rotatable bonds is 5. The third-order valence-corrected chi connectivity index (χ3v) is 4.21. The van der Waals surface area contributed by atoms with Crippen molar-refractivity contribution in [3.63, 3.8) is 0 Å². The molecule has 7 heteroatoms. The second-order valence-corrected chi connectivity index (χ2v) is 7.30. The van der Waals surface area contributed by atoms with E-state index >= 15 is 0 Å². The molecule has 0 aromatic heterocycles. The van der Waals surface area contributed by atoms with Crippen LogP contribution >= 0.6 is 0 Å². The topological polar surface area (TPSA) is 101 Å². The molecule has 116 valence electrons. The Labute approximate surface area is 124 Å². The Bertz CT molecular complexity index is 664. The lowest BCUT2D eigenvalue weighted by molar-refractivity contribution is -0.140. The first-order chi connectivity index (χ1) is 9.54. The van der Waals surface area contributed by atoms with Gasteiger partial charge in [0.25, 0.3) is 5.91 Å². The summed E-state index contributed by atoms with van der Waals surface area (Å²) in [5.41, 5.74) is 0.734. The van der Waals surface area contributed by atoms with Crippen LogP contribution in [0.15, 0.2) is 23.1 Å². The van der Waals surface area contributed by atoms with Gasteiger partial charge in [-0.1, -0.05) is 19.9 Å². The number of aryl methyl sites for hydroxylation is 1. The second kappa shape index (κ2) is 6.26. The fraction of sp³-hybridized carbons (Fsp3) is 0.429. The van der Waals surface area contributed by atoms with Gasteiger partial charge in [0.1, 0.15) is 6.04 Å². The smallest absolute Gasteiger partial charge is 0.326 e. The summed E-state index contributed by atoms with van der Waals surface area (Å²) in [5.74, 6) is -2.01. The molecule has 0 aliphatic rings. The average molecular weight is 313 g/mol. The molecule has 0 bridgehead atoms. The summed E-state index contributed by atoms with van der Waals surface area (Å²) in [6.07, 6.45) is 1.05. The van der Waals surface area contributed by atoms with E-state index in [0.717, 1.165) is 6.26 Å². The minimum absolute atomic E-state index is 0.0228. The van der Waals surface area contributed by atoms with Crippen molar-refractivity contribution in [3.05, 3.63) is 29.3 Å². The number of benzene rings is 1. The molecule has 21 heavy (non-hydrogen) atoms. The van der Waals surface area contributed by atoms with Crippen LogP contribution in [0.1, 0.15) is 29.8 Å². The number of carbonyl (C=O) groups excluding carboxylic acids is 1. The lowest BCUT2D eigenvalue weighted by Gasteiger charge is -2.18. The molecule has 0 saturated heterocycles. The zero-order valence-electron chi connectivity index (χ0n) is 12.4. The van der Waals surface area contributed by atoms with Crippen LogP contribution in [0.5, 0.6) is 0 Å². The van der Waals surface area contributed by atoms with Crippen LogP contribution in [0.2, 0.25) is 0 Å². The van der Waals surface area contributed by atoms with Gasteiger partial charge < -0.3 is 10.4 Å². The summed E-state index contributed by atoms with van der Waals surface area (Å²) < 4.78 is 23.1. The fourth-order valence-electron chi connectivity index (χ4n) is 1.81. The van der Waals surface area contributed by atoms with E-state index in [0.29, 0.717) is 5.56 Å². The molecule has 0 radical (unpaired) electrons. The molecular weight excluding hydrogens is 294 g/mol. The van der Waals surface area contributed by atoms with Crippen molar-refractivity contribution in [3.8, 4) is 0 Å². The van der Waals surface area contributed by atoms with Crippen LogP contribution in [0.25, 0.3) is 0 Å². The highest BCUT2D eigenvalue weighted by Gasteiger charge is 2.25. The van der Waals surface area contributed by atoms with Crippen LogP contribution in [0.3, 0.4) is 0 Å². The number of nitrogens with one attached hydrogen (secondary N) is 1. The zero-order valence-corrected chi connectivity index (χ0v) is 13.2. The third kappa shape index (κ3) is 4.29. The first kappa shape index (κ1) is 17.2. The summed E-state index contributed by atoms with van der Waals surface area (Å²) in [5, 5.41) is 11.5. The SMILES string of the molecule is Cc1ccc(S(C)(=O)=O)cc1C(=O)N[C@@H](C(=O)O)C(C)C. The molecule has 0 saturated carbocycles. The number of amides is 1. The monoisotopic (exact) mass is 313 g/mol. The summed E-state index contributed by atoms with van der Waals surface area (Å²) in [7, 11) is -3.43. The number of hydrogen-bond acceptors (Lipinski definition) is 4. The summed E-state index contributed by atoms with van der Waals surface area (Å²) in [6.45, 7) is 5.02. The zero-order chi connectivity index (χ0) is 16.4. The van der Waals surface area contributed by atoms with E-state index in [1.165, 1.54) is 18.2 Å². The van der Waals surface area contributed by atoms with E-state index in [2.05, 4.69) is 5.32 Å². The Hall–Kier alpha value is -1.89. The van der Waals surface area contributed by atoms with Crippen molar-refractivity contribution in [2.24, 2.45) is 5.92 Å². The predicted molar refractivity (Wildman–Crippen MR) is 78.0 cm³/mol. The van der Waals surface area contributed by atoms with E-state index in [-0.39, 0.29) is 16.4 Å². The van der Waals surface area contributed by atoms with Crippen LogP contribution < -0.4 is 5.32 Å². The van der Waals surface area contributed by atoms with Crippen LogP contribution in [-0.4, -0.2) is 37.7 Å². The highest BCUT2D eigenvalue weighted by Crippen LogP contribution is 2.16. The molecule has 0 spiro atoms. The van der Waals surface area contributed by atoms with Crippen molar-refractivity contribution < 1.29 is 23.1 Å². The molecule has 1 rings (SSSR count). The van der Waals surface area contributed by atoms with E-state index in [4.69, 9.17) is 5.11 Å². The molecule has 1 aromatic rings. The van der Waals surface area contributed by atoms with Crippen molar-refractivity contribution in [1.82, 2.24) is 5.32 Å². The van der Waals surface area contributed by atoms with Crippen molar-refractivity contribution >= 4 is 21.7 Å². The number of aliphatic carboxylic acids is 1. The number of hydrogen-bond donors (Lipinski definition) is 2. The highest BCUT2D eigenvalue weighted by molar-refractivity contribution is 7.90. The molecular formula is C14H19NO5S. The van der Waals surface area contributed by atoms with Crippen LogP contribution in [0, 0.1) is 12.8 Å². The normalized spacial score (nSPS) is 13.0. The molecule has 0 fully saturated rings. The van der Waals surface area contributed by atoms with E-state index in [1.54, 1.807) is 20.8 Å². The summed E-state index contributed by atoms with van der Waals surface area (Å²) in [4.78, 5) is 23.3. The van der Waals surface area contributed by atoms with Crippen LogP contribution in [0.4, 0.5) is 0 Å². The summed E-state index contributed by atoms with van der Waals surface area (Å²) in [6, 6.07) is 3.17. The maximum absolute atomic E-state index is 12.2. The highest BCUT2D eigenvalue weighted by atomic mass is 32.2. The van der Waals surface area contributed by atoms with Gasteiger partial charge in [-0.15, -0.1) is 0 Å². The maximum atomic E-state index is 12.2. The molecule has 2 N–H and O–H groups in total. The molecule has 6 nitrogen and oxygen atoms in total. The molecule has 1 amide bonds. The van der Waals surface area contributed by atoms with Crippen molar-refractivity contribution in [2.75, 3.05) is 6.26 Å². The quantitative estimate of drug-likeness (QED) is 0.851. The largest absolute Gasteiger partial charge is 0.480 e. The minimum atomic E-state index is -3.43. The lowest BCUT2D eigenvalue weighted by Crippen LogP contribution is -2.44. The Morgan fingerprint density at radius 1 is 1.24 bits per heavy atom. The molecule has 0 aliphatic heterocycles. The molecule has 0 heterocycles. The van der Waals surface area contributed by atoms with Gasteiger partial charge in [-0.3, -0.25) is 4.79 Å². The van der Waals surface area contributed by atoms with Gasteiger partial charge in [-0.2, -0.15) is 0 Å². The van der Waals surface area contributed by atoms with Gasteiger partial charge in [0.2, 0.25) is 0 Å². The Morgan fingerprint density at radius 3 is 2.24 bits per heavy atom. The van der Waals surface area contributed by atoms with E-state index in [1.807, 2.05) is 0 Å². The summed E-state index contributed by atoms with van der Waals surface area (Å²) >= 11 is 0. The molecule has 0 aliphatic carbocycles. The van der Waals surface area contributed by atoms with Crippen molar-refractivity contribution in [1.29, 1.82) is 0 Å². The minimum Gasteiger partial charge on any atom is -0.480 e. The van der Waals surface area contributed by atoms with Crippen molar-refractivity contribution in [2.45, 2.75) is 31.7 Å². The van der Waals surface area contributed by atoms with Gasteiger partial charge in [-0.05, 0) is 30.5 Å². The predicted octanol–water partition coefficient (Wildman–Crippen LogP) is 1.24. The van der Waals surface area contributed by atoms with Gasteiger partial charge >= 0.3 is 5.97 Å². The average Bonchev–Trinajstić information content (AvgIpc) is 2.33. The van der Waals surface area contributed by atoms with Gasteiger partial charge in [-0.25, -0.2) is 13.2 Å². The van der Waals surface area contributed by atoms with Gasteiger partial charge in [0.05, 0.1) is 4.90 Å². The molecule has 0 unspecified atom stereocenters.